The first-order valence-corrected chi connectivity index (χ1v) is 7.04. The molecule has 1 aromatic rings. The molecule has 0 aliphatic carbocycles. The molecule has 1 fully saturated rings. The van der Waals surface area contributed by atoms with E-state index in [0.29, 0.717) is 5.41 Å². The molecular formula is C14H20BrN. The maximum absolute atomic E-state index is 3.59. The summed E-state index contributed by atoms with van der Waals surface area (Å²) >= 11 is 3.59. The van der Waals surface area contributed by atoms with Gasteiger partial charge in [-0.1, -0.05) is 47.5 Å². The van der Waals surface area contributed by atoms with Crippen LogP contribution in [0.4, 0.5) is 5.69 Å². The van der Waals surface area contributed by atoms with Crippen molar-refractivity contribution in [3.8, 4) is 0 Å². The minimum Gasteiger partial charge on any atom is -0.371 e. The quantitative estimate of drug-likeness (QED) is 0.737. The number of aryl methyl sites for hydroxylation is 1. The van der Waals surface area contributed by atoms with Crippen molar-refractivity contribution in [3.63, 3.8) is 0 Å². The van der Waals surface area contributed by atoms with Crippen LogP contribution in [0.2, 0.25) is 0 Å². The number of rotatable bonds is 2. The van der Waals surface area contributed by atoms with E-state index in [4.69, 9.17) is 0 Å². The number of hydrogen-bond acceptors (Lipinski definition) is 1. The predicted octanol–water partition coefficient (Wildman–Crippen LogP) is 4.13. The first-order chi connectivity index (χ1) is 7.52. The average molecular weight is 282 g/mol. The molecule has 1 saturated heterocycles. The molecule has 0 bridgehead atoms. The van der Waals surface area contributed by atoms with Crippen LogP contribution >= 0.6 is 15.9 Å². The Morgan fingerprint density at radius 1 is 1.38 bits per heavy atom. The molecule has 0 saturated carbocycles. The Kier molecular flexibility index (Phi) is 3.29. The lowest BCUT2D eigenvalue weighted by atomic mass is 9.93. The molecule has 1 aliphatic rings. The number of nitrogens with zero attached hydrogens (tertiary/aromatic N) is 1. The molecular weight excluding hydrogens is 262 g/mol. The minimum atomic E-state index is 0.467. The molecule has 1 nitrogen and oxygen atoms in total. The highest BCUT2D eigenvalue weighted by Crippen LogP contribution is 2.34. The van der Waals surface area contributed by atoms with Gasteiger partial charge in [0, 0.05) is 24.1 Å². The molecule has 0 spiro atoms. The second-order valence-corrected chi connectivity index (χ2v) is 6.16. The fraction of sp³-hybridized carbons (Fsp3) is 0.571. The highest BCUT2D eigenvalue weighted by molar-refractivity contribution is 9.08. The monoisotopic (exact) mass is 281 g/mol. The van der Waals surface area contributed by atoms with Gasteiger partial charge in [0.1, 0.15) is 0 Å². The first kappa shape index (κ1) is 12.0. The SMILES string of the molecule is Cc1ccc(N2CCC(C)(C)C2)c(CBr)c1. The lowest BCUT2D eigenvalue weighted by Gasteiger charge is -2.24. The van der Waals surface area contributed by atoms with Gasteiger partial charge in [-0.3, -0.25) is 0 Å². The third-order valence-electron chi connectivity index (χ3n) is 3.40. The fourth-order valence-electron chi connectivity index (χ4n) is 2.45. The fourth-order valence-corrected chi connectivity index (χ4v) is 2.90. The summed E-state index contributed by atoms with van der Waals surface area (Å²) in [6.07, 6.45) is 1.29. The largest absolute Gasteiger partial charge is 0.371 e. The maximum atomic E-state index is 3.59. The minimum absolute atomic E-state index is 0.467. The number of anilines is 1. The van der Waals surface area contributed by atoms with E-state index in [-0.39, 0.29) is 0 Å². The van der Waals surface area contributed by atoms with Crippen molar-refractivity contribution in [3.05, 3.63) is 29.3 Å². The standard InChI is InChI=1S/C14H20BrN/c1-11-4-5-13(12(8-11)9-15)16-7-6-14(2,3)10-16/h4-5,8H,6-7,9-10H2,1-3H3. The third kappa shape index (κ3) is 2.42. The molecule has 0 aromatic heterocycles. The molecule has 0 unspecified atom stereocenters. The normalized spacial score (nSPS) is 19.1. The zero-order valence-electron chi connectivity index (χ0n) is 10.4. The third-order valence-corrected chi connectivity index (χ3v) is 4.00. The summed E-state index contributed by atoms with van der Waals surface area (Å²) in [6.45, 7) is 9.24. The maximum Gasteiger partial charge on any atom is 0.0407 e. The zero-order valence-corrected chi connectivity index (χ0v) is 12.0. The number of benzene rings is 1. The van der Waals surface area contributed by atoms with Crippen LogP contribution in [0.5, 0.6) is 0 Å². The van der Waals surface area contributed by atoms with E-state index in [1.54, 1.807) is 0 Å². The zero-order chi connectivity index (χ0) is 11.8. The van der Waals surface area contributed by atoms with Gasteiger partial charge in [0.2, 0.25) is 0 Å². The second-order valence-electron chi connectivity index (χ2n) is 5.60. The van der Waals surface area contributed by atoms with E-state index in [2.05, 4.69) is 59.8 Å². The van der Waals surface area contributed by atoms with Crippen LogP contribution in [-0.4, -0.2) is 13.1 Å². The Morgan fingerprint density at radius 2 is 2.12 bits per heavy atom. The highest BCUT2D eigenvalue weighted by Gasteiger charge is 2.29. The van der Waals surface area contributed by atoms with Crippen molar-refractivity contribution in [1.29, 1.82) is 0 Å². The first-order valence-electron chi connectivity index (χ1n) is 5.92. The second kappa shape index (κ2) is 4.40. The average Bonchev–Trinajstić information content (AvgIpc) is 2.58. The van der Waals surface area contributed by atoms with Gasteiger partial charge in [0.05, 0.1) is 0 Å². The Balaban J connectivity index is 2.27. The van der Waals surface area contributed by atoms with Gasteiger partial charge < -0.3 is 4.90 Å². The van der Waals surface area contributed by atoms with E-state index in [1.165, 1.54) is 36.3 Å². The van der Waals surface area contributed by atoms with Crippen LogP contribution in [0, 0.1) is 12.3 Å². The summed E-state index contributed by atoms with van der Waals surface area (Å²) in [6, 6.07) is 6.77. The molecule has 0 atom stereocenters. The number of halogens is 1. The van der Waals surface area contributed by atoms with E-state index in [0.717, 1.165) is 5.33 Å². The van der Waals surface area contributed by atoms with E-state index < -0.39 is 0 Å². The van der Waals surface area contributed by atoms with E-state index >= 15 is 0 Å². The van der Waals surface area contributed by atoms with Crippen molar-refractivity contribution >= 4 is 21.6 Å². The smallest absolute Gasteiger partial charge is 0.0407 e. The van der Waals surface area contributed by atoms with Gasteiger partial charge in [-0.05, 0) is 30.4 Å². The lowest BCUT2D eigenvalue weighted by Crippen LogP contribution is -2.23. The van der Waals surface area contributed by atoms with Crippen LogP contribution in [0.1, 0.15) is 31.4 Å². The summed E-state index contributed by atoms with van der Waals surface area (Å²) < 4.78 is 0. The Hall–Kier alpha value is -0.500. The summed E-state index contributed by atoms with van der Waals surface area (Å²) in [5.74, 6) is 0. The molecule has 2 heteroatoms. The van der Waals surface area contributed by atoms with Crippen molar-refractivity contribution in [2.75, 3.05) is 18.0 Å². The molecule has 0 N–H and O–H groups in total. The molecule has 1 aliphatic heterocycles. The molecule has 0 radical (unpaired) electrons. The van der Waals surface area contributed by atoms with Gasteiger partial charge in [-0.25, -0.2) is 0 Å². The number of hydrogen-bond donors (Lipinski definition) is 0. The van der Waals surface area contributed by atoms with Crippen LogP contribution in [0.3, 0.4) is 0 Å². The molecule has 88 valence electrons. The highest BCUT2D eigenvalue weighted by atomic mass is 79.9. The molecule has 2 rings (SSSR count). The van der Waals surface area contributed by atoms with Crippen LogP contribution < -0.4 is 4.90 Å². The van der Waals surface area contributed by atoms with Gasteiger partial charge in [-0.2, -0.15) is 0 Å². The van der Waals surface area contributed by atoms with Crippen molar-refractivity contribution in [2.24, 2.45) is 5.41 Å². The molecule has 16 heavy (non-hydrogen) atoms. The van der Waals surface area contributed by atoms with Gasteiger partial charge in [0.25, 0.3) is 0 Å². The lowest BCUT2D eigenvalue weighted by molar-refractivity contribution is 0.418. The summed E-state index contributed by atoms with van der Waals surface area (Å²) in [5, 5.41) is 0.945. The van der Waals surface area contributed by atoms with Gasteiger partial charge in [-0.15, -0.1) is 0 Å². The van der Waals surface area contributed by atoms with Crippen molar-refractivity contribution < 1.29 is 0 Å². The van der Waals surface area contributed by atoms with Crippen molar-refractivity contribution in [1.82, 2.24) is 0 Å². The van der Waals surface area contributed by atoms with E-state index in [9.17, 15) is 0 Å². The predicted molar refractivity (Wildman–Crippen MR) is 74.4 cm³/mol. The Bertz CT molecular complexity index is 384. The molecule has 1 aromatic carbocycles. The summed E-state index contributed by atoms with van der Waals surface area (Å²) in [7, 11) is 0. The van der Waals surface area contributed by atoms with Crippen LogP contribution in [-0.2, 0) is 5.33 Å². The van der Waals surface area contributed by atoms with Gasteiger partial charge >= 0.3 is 0 Å². The summed E-state index contributed by atoms with van der Waals surface area (Å²) in [4.78, 5) is 2.52. The Labute approximate surface area is 107 Å². The Morgan fingerprint density at radius 3 is 2.69 bits per heavy atom. The molecule has 0 amide bonds. The topological polar surface area (TPSA) is 3.24 Å². The number of alkyl halides is 1. The van der Waals surface area contributed by atoms with Crippen LogP contribution in [0.25, 0.3) is 0 Å². The van der Waals surface area contributed by atoms with Gasteiger partial charge in [0.15, 0.2) is 0 Å². The summed E-state index contributed by atoms with van der Waals surface area (Å²) in [5.41, 5.74) is 4.64. The van der Waals surface area contributed by atoms with Crippen LogP contribution in [0.15, 0.2) is 18.2 Å². The van der Waals surface area contributed by atoms with E-state index in [1.807, 2.05) is 0 Å². The molecule has 1 heterocycles. The van der Waals surface area contributed by atoms with Crippen molar-refractivity contribution in [2.45, 2.75) is 32.5 Å².